The molecule has 0 radical (unpaired) electrons. The highest BCUT2D eigenvalue weighted by Gasteiger charge is 2.16. The Balaban J connectivity index is 2.61. The summed E-state index contributed by atoms with van der Waals surface area (Å²) >= 11 is 0. The average Bonchev–Trinajstić information content (AvgIpc) is 2.60. The Labute approximate surface area is 99.3 Å². The van der Waals surface area contributed by atoms with Crippen molar-refractivity contribution in [2.75, 3.05) is 5.73 Å². The van der Waals surface area contributed by atoms with E-state index in [4.69, 9.17) is 5.73 Å². The van der Waals surface area contributed by atoms with E-state index in [1.807, 2.05) is 25.3 Å². The molecule has 0 saturated heterocycles. The molecule has 4 nitrogen and oxygen atoms in total. The molecule has 0 aliphatic carbocycles. The van der Waals surface area contributed by atoms with Gasteiger partial charge in [0.1, 0.15) is 11.6 Å². The zero-order valence-electron chi connectivity index (χ0n) is 10.1. The highest BCUT2D eigenvalue weighted by Crippen LogP contribution is 2.25. The normalized spacial score (nSPS) is 11.1. The van der Waals surface area contributed by atoms with Gasteiger partial charge in [0.05, 0.1) is 5.56 Å². The topological polar surface area (TPSA) is 56.7 Å². The number of anilines is 1. The van der Waals surface area contributed by atoms with E-state index in [2.05, 4.69) is 10.2 Å². The maximum atomic E-state index is 13.8. The molecule has 2 N–H and O–H groups in total. The fourth-order valence-corrected chi connectivity index (χ4v) is 1.88. The lowest BCUT2D eigenvalue weighted by Gasteiger charge is -2.12. The molecule has 17 heavy (non-hydrogen) atoms. The average molecular weight is 234 g/mol. The molecule has 1 aromatic carbocycles. The van der Waals surface area contributed by atoms with Crippen LogP contribution in [0.2, 0.25) is 0 Å². The van der Waals surface area contributed by atoms with Crippen LogP contribution in [0, 0.1) is 12.7 Å². The summed E-state index contributed by atoms with van der Waals surface area (Å²) in [4.78, 5) is 0. The summed E-state index contributed by atoms with van der Waals surface area (Å²) in [6, 6.07) is 4.77. The molecule has 5 heteroatoms. The van der Waals surface area contributed by atoms with E-state index in [9.17, 15) is 4.39 Å². The zero-order valence-corrected chi connectivity index (χ0v) is 10.1. The van der Waals surface area contributed by atoms with Crippen molar-refractivity contribution in [1.29, 1.82) is 0 Å². The van der Waals surface area contributed by atoms with Crippen molar-refractivity contribution in [1.82, 2.24) is 14.8 Å². The lowest BCUT2D eigenvalue weighted by Crippen LogP contribution is -2.06. The number of nitrogen functional groups attached to an aromatic ring is 1. The summed E-state index contributed by atoms with van der Waals surface area (Å²) in [6.07, 6.45) is 0. The summed E-state index contributed by atoms with van der Waals surface area (Å²) in [5, 5.41) is 8.02. The molecule has 0 amide bonds. The van der Waals surface area contributed by atoms with Crippen LogP contribution < -0.4 is 5.73 Å². The predicted molar refractivity (Wildman–Crippen MR) is 65.0 cm³/mol. The van der Waals surface area contributed by atoms with Gasteiger partial charge in [-0.1, -0.05) is 0 Å². The van der Waals surface area contributed by atoms with Crippen molar-refractivity contribution in [2.24, 2.45) is 0 Å². The van der Waals surface area contributed by atoms with Crippen LogP contribution in [-0.4, -0.2) is 14.8 Å². The molecule has 0 bridgehead atoms. The van der Waals surface area contributed by atoms with E-state index in [0.717, 1.165) is 5.82 Å². The molecule has 0 aliphatic heterocycles. The van der Waals surface area contributed by atoms with Gasteiger partial charge in [-0.3, -0.25) is 0 Å². The quantitative estimate of drug-likeness (QED) is 0.812. The van der Waals surface area contributed by atoms with Crippen molar-refractivity contribution >= 4 is 5.69 Å². The summed E-state index contributed by atoms with van der Waals surface area (Å²) in [6.45, 7) is 5.87. The number of hydrogen-bond donors (Lipinski definition) is 1. The smallest absolute Gasteiger partial charge is 0.167 e. The summed E-state index contributed by atoms with van der Waals surface area (Å²) in [5.74, 6) is 0.931. The Hall–Kier alpha value is -1.91. The monoisotopic (exact) mass is 234 g/mol. The zero-order chi connectivity index (χ0) is 12.6. The summed E-state index contributed by atoms with van der Waals surface area (Å²) in [5.41, 5.74) is 6.35. The second-order valence-corrected chi connectivity index (χ2v) is 4.27. The first-order chi connectivity index (χ1) is 8.00. The van der Waals surface area contributed by atoms with Gasteiger partial charge in [0.25, 0.3) is 0 Å². The van der Waals surface area contributed by atoms with Crippen LogP contribution in [0.4, 0.5) is 10.1 Å². The minimum atomic E-state index is -0.376. The largest absolute Gasteiger partial charge is 0.399 e. The first-order valence-corrected chi connectivity index (χ1v) is 5.47. The van der Waals surface area contributed by atoms with Crippen molar-refractivity contribution < 1.29 is 4.39 Å². The number of nitrogens with zero attached hydrogens (tertiary/aromatic N) is 3. The molecule has 0 unspecified atom stereocenters. The molecule has 0 fully saturated rings. The fourth-order valence-electron chi connectivity index (χ4n) is 1.88. The Morgan fingerprint density at radius 1 is 1.29 bits per heavy atom. The van der Waals surface area contributed by atoms with Crippen LogP contribution in [0.5, 0.6) is 0 Å². The van der Waals surface area contributed by atoms with Gasteiger partial charge >= 0.3 is 0 Å². The SMILES string of the molecule is Cc1nnc(-c2ccc(N)cc2F)n1C(C)C. The van der Waals surface area contributed by atoms with Crippen molar-refractivity contribution in [3.05, 3.63) is 29.8 Å². The van der Waals surface area contributed by atoms with E-state index in [1.165, 1.54) is 6.07 Å². The second kappa shape index (κ2) is 4.16. The Bertz CT molecular complexity index is 545. The second-order valence-electron chi connectivity index (χ2n) is 4.27. The van der Waals surface area contributed by atoms with E-state index >= 15 is 0 Å². The van der Waals surface area contributed by atoms with Gasteiger partial charge in [-0.25, -0.2) is 4.39 Å². The number of hydrogen-bond acceptors (Lipinski definition) is 3. The first kappa shape index (κ1) is 11.6. The van der Waals surface area contributed by atoms with Crippen LogP contribution in [0.1, 0.15) is 25.7 Å². The third kappa shape index (κ3) is 2.00. The molecule has 0 aliphatic rings. The highest BCUT2D eigenvalue weighted by molar-refractivity contribution is 5.60. The van der Waals surface area contributed by atoms with E-state index < -0.39 is 0 Å². The van der Waals surface area contributed by atoms with E-state index in [-0.39, 0.29) is 11.9 Å². The van der Waals surface area contributed by atoms with Crippen molar-refractivity contribution in [3.63, 3.8) is 0 Å². The molecular weight excluding hydrogens is 219 g/mol. The van der Waals surface area contributed by atoms with Crippen LogP contribution in [0.15, 0.2) is 18.2 Å². The number of nitrogens with two attached hydrogens (primary N) is 1. The fraction of sp³-hybridized carbons (Fsp3) is 0.333. The van der Waals surface area contributed by atoms with Gasteiger partial charge in [0.15, 0.2) is 5.82 Å². The van der Waals surface area contributed by atoms with E-state index in [1.54, 1.807) is 12.1 Å². The highest BCUT2D eigenvalue weighted by atomic mass is 19.1. The number of aromatic nitrogens is 3. The van der Waals surface area contributed by atoms with Crippen LogP contribution in [0.25, 0.3) is 11.4 Å². The predicted octanol–water partition coefficient (Wildman–Crippen LogP) is 2.56. The van der Waals surface area contributed by atoms with Crippen LogP contribution in [0.3, 0.4) is 0 Å². The van der Waals surface area contributed by atoms with Crippen molar-refractivity contribution in [2.45, 2.75) is 26.8 Å². The molecule has 1 heterocycles. The Morgan fingerprint density at radius 3 is 2.59 bits per heavy atom. The number of benzene rings is 1. The third-order valence-corrected chi connectivity index (χ3v) is 2.62. The molecular formula is C12H15FN4. The van der Waals surface area contributed by atoms with Gasteiger partial charge in [-0.15, -0.1) is 10.2 Å². The molecule has 2 rings (SSSR count). The Morgan fingerprint density at radius 2 is 2.00 bits per heavy atom. The Kier molecular flexibility index (Phi) is 2.83. The number of aryl methyl sites for hydroxylation is 1. The molecule has 1 aromatic heterocycles. The van der Waals surface area contributed by atoms with Gasteiger partial charge in [0.2, 0.25) is 0 Å². The van der Waals surface area contributed by atoms with Gasteiger partial charge in [-0.2, -0.15) is 0 Å². The lowest BCUT2D eigenvalue weighted by molar-refractivity contribution is 0.581. The van der Waals surface area contributed by atoms with Gasteiger partial charge in [0, 0.05) is 11.7 Å². The van der Waals surface area contributed by atoms with Crippen LogP contribution >= 0.6 is 0 Å². The van der Waals surface area contributed by atoms with E-state index in [0.29, 0.717) is 17.1 Å². The number of halogens is 1. The maximum Gasteiger partial charge on any atom is 0.167 e. The first-order valence-electron chi connectivity index (χ1n) is 5.47. The number of rotatable bonds is 2. The minimum absolute atomic E-state index is 0.178. The minimum Gasteiger partial charge on any atom is -0.399 e. The molecule has 0 atom stereocenters. The molecule has 0 spiro atoms. The summed E-state index contributed by atoms with van der Waals surface area (Å²) in [7, 11) is 0. The molecule has 90 valence electrons. The van der Waals surface area contributed by atoms with Crippen molar-refractivity contribution in [3.8, 4) is 11.4 Å². The molecule has 0 saturated carbocycles. The lowest BCUT2D eigenvalue weighted by atomic mass is 10.1. The molecule has 2 aromatic rings. The van der Waals surface area contributed by atoms with Crippen LogP contribution in [-0.2, 0) is 0 Å². The van der Waals surface area contributed by atoms with Gasteiger partial charge in [-0.05, 0) is 39.0 Å². The standard InChI is InChI=1S/C12H15FN4/c1-7(2)17-8(3)15-16-12(17)10-5-4-9(14)6-11(10)13/h4-7H,14H2,1-3H3. The summed E-state index contributed by atoms with van der Waals surface area (Å²) < 4.78 is 15.7. The van der Waals surface area contributed by atoms with Gasteiger partial charge < -0.3 is 10.3 Å². The maximum absolute atomic E-state index is 13.8. The third-order valence-electron chi connectivity index (χ3n) is 2.62.